The van der Waals surface area contributed by atoms with E-state index in [0.29, 0.717) is 17.4 Å². The molecule has 0 spiro atoms. The molecule has 0 aliphatic rings. The molecule has 2 aromatic carbocycles. The summed E-state index contributed by atoms with van der Waals surface area (Å²) in [5, 5.41) is 10.5. The zero-order valence-corrected chi connectivity index (χ0v) is 14.1. The lowest BCUT2D eigenvalue weighted by Gasteiger charge is -2.15. The molecule has 2 rings (SSSR count). The quantitative estimate of drug-likeness (QED) is 0.825. The number of halogens is 2. The molecule has 0 heterocycles. The van der Waals surface area contributed by atoms with Crippen molar-refractivity contribution in [1.29, 1.82) is 0 Å². The number of rotatable bonds is 5. The van der Waals surface area contributed by atoms with Crippen LogP contribution in [-0.2, 0) is 6.61 Å². The normalized spacial score (nSPS) is 12.0. The maximum atomic E-state index is 9.82. The van der Waals surface area contributed by atoms with Crippen molar-refractivity contribution in [1.82, 2.24) is 0 Å². The standard InChI is InChI=1S/C16H16BrClO3/c1-10(19)14-8-12(17)3-5-16(14)21-9-11-7-13(18)4-6-15(11)20-2/h3-8,10,19H,9H2,1-2H3. The van der Waals surface area contributed by atoms with Crippen LogP contribution in [0.15, 0.2) is 40.9 Å². The Bertz CT molecular complexity index is 629. The summed E-state index contributed by atoms with van der Waals surface area (Å²) in [7, 11) is 1.60. The largest absolute Gasteiger partial charge is 0.496 e. The molecular formula is C16H16BrClO3. The Balaban J connectivity index is 2.22. The first-order chi connectivity index (χ1) is 10.0. The van der Waals surface area contributed by atoms with E-state index in [-0.39, 0.29) is 0 Å². The summed E-state index contributed by atoms with van der Waals surface area (Å²) in [4.78, 5) is 0. The lowest BCUT2D eigenvalue weighted by molar-refractivity contribution is 0.189. The molecule has 1 unspecified atom stereocenters. The fourth-order valence-corrected chi connectivity index (χ4v) is 2.57. The van der Waals surface area contributed by atoms with Crippen LogP contribution in [0.2, 0.25) is 5.02 Å². The summed E-state index contributed by atoms with van der Waals surface area (Å²) in [6.45, 7) is 2.01. The van der Waals surface area contributed by atoms with Crippen LogP contribution >= 0.6 is 27.5 Å². The van der Waals surface area contributed by atoms with Gasteiger partial charge in [-0.25, -0.2) is 0 Å². The molecule has 1 atom stereocenters. The second kappa shape index (κ2) is 7.16. The van der Waals surface area contributed by atoms with Crippen LogP contribution in [-0.4, -0.2) is 12.2 Å². The first-order valence-electron chi connectivity index (χ1n) is 6.44. The maximum Gasteiger partial charge on any atom is 0.125 e. The lowest BCUT2D eigenvalue weighted by Crippen LogP contribution is -2.02. The van der Waals surface area contributed by atoms with Crippen molar-refractivity contribution in [3.63, 3.8) is 0 Å². The first-order valence-corrected chi connectivity index (χ1v) is 7.61. The van der Waals surface area contributed by atoms with Gasteiger partial charge in [0.1, 0.15) is 18.1 Å². The van der Waals surface area contributed by atoms with Crippen molar-refractivity contribution in [3.05, 3.63) is 57.0 Å². The number of hydrogen-bond acceptors (Lipinski definition) is 3. The molecule has 2 aromatic rings. The zero-order valence-electron chi connectivity index (χ0n) is 11.8. The SMILES string of the molecule is COc1ccc(Cl)cc1COc1ccc(Br)cc1C(C)O. The fraction of sp³-hybridized carbons (Fsp3) is 0.250. The van der Waals surface area contributed by atoms with Gasteiger partial charge < -0.3 is 14.6 Å². The minimum Gasteiger partial charge on any atom is -0.496 e. The van der Waals surface area contributed by atoms with Crippen LogP contribution in [0.5, 0.6) is 11.5 Å². The van der Waals surface area contributed by atoms with Crippen molar-refractivity contribution in [2.45, 2.75) is 19.6 Å². The average Bonchev–Trinajstić information content (AvgIpc) is 2.46. The Morgan fingerprint density at radius 1 is 1.19 bits per heavy atom. The van der Waals surface area contributed by atoms with Crippen LogP contribution in [0.25, 0.3) is 0 Å². The molecule has 0 aliphatic carbocycles. The molecule has 0 aliphatic heterocycles. The molecular weight excluding hydrogens is 356 g/mol. The van der Waals surface area contributed by atoms with Gasteiger partial charge in [0.05, 0.1) is 13.2 Å². The van der Waals surface area contributed by atoms with Gasteiger partial charge in [0.25, 0.3) is 0 Å². The molecule has 3 nitrogen and oxygen atoms in total. The van der Waals surface area contributed by atoms with Crippen molar-refractivity contribution < 1.29 is 14.6 Å². The van der Waals surface area contributed by atoms with Gasteiger partial charge in [-0.1, -0.05) is 27.5 Å². The van der Waals surface area contributed by atoms with E-state index >= 15 is 0 Å². The van der Waals surface area contributed by atoms with E-state index in [1.807, 2.05) is 18.2 Å². The number of ether oxygens (including phenoxy) is 2. The number of aliphatic hydroxyl groups is 1. The Kier molecular flexibility index (Phi) is 5.51. The van der Waals surface area contributed by atoms with Crippen molar-refractivity contribution in [3.8, 4) is 11.5 Å². The second-order valence-electron chi connectivity index (χ2n) is 4.60. The van der Waals surface area contributed by atoms with Crippen LogP contribution in [0.3, 0.4) is 0 Å². The van der Waals surface area contributed by atoms with Gasteiger partial charge in [-0.15, -0.1) is 0 Å². The summed E-state index contributed by atoms with van der Waals surface area (Å²) in [6, 6.07) is 10.9. The molecule has 0 saturated heterocycles. The lowest BCUT2D eigenvalue weighted by atomic mass is 10.1. The topological polar surface area (TPSA) is 38.7 Å². The van der Waals surface area contributed by atoms with Crippen LogP contribution < -0.4 is 9.47 Å². The minimum atomic E-state index is -0.612. The number of methoxy groups -OCH3 is 1. The third-order valence-electron chi connectivity index (χ3n) is 3.05. The van der Waals surface area contributed by atoms with E-state index in [1.54, 1.807) is 32.2 Å². The number of aliphatic hydroxyl groups excluding tert-OH is 1. The van der Waals surface area contributed by atoms with Crippen LogP contribution in [0, 0.1) is 0 Å². The van der Waals surface area contributed by atoms with Crippen LogP contribution in [0.1, 0.15) is 24.2 Å². The molecule has 0 amide bonds. The van der Waals surface area contributed by atoms with Gasteiger partial charge in [0.2, 0.25) is 0 Å². The second-order valence-corrected chi connectivity index (χ2v) is 5.96. The summed E-state index contributed by atoms with van der Waals surface area (Å²) in [5.74, 6) is 1.35. The van der Waals surface area contributed by atoms with E-state index < -0.39 is 6.10 Å². The van der Waals surface area contributed by atoms with Crippen molar-refractivity contribution in [2.75, 3.05) is 7.11 Å². The molecule has 0 saturated carbocycles. The molecule has 5 heteroatoms. The number of hydrogen-bond donors (Lipinski definition) is 1. The van der Waals surface area contributed by atoms with Gasteiger partial charge in [0, 0.05) is 20.6 Å². The highest BCUT2D eigenvalue weighted by atomic mass is 79.9. The average molecular weight is 372 g/mol. The smallest absolute Gasteiger partial charge is 0.125 e. The minimum absolute atomic E-state index is 0.311. The maximum absolute atomic E-state index is 9.82. The molecule has 1 N–H and O–H groups in total. The van der Waals surface area contributed by atoms with E-state index in [4.69, 9.17) is 21.1 Å². The summed E-state index contributed by atoms with van der Waals surface area (Å²) < 4.78 is 12.0. The Hall–Kier alpha value is -1.23. The third kappa shape index (κ3) is 4.13. The van der Waals surface area contributed by atoms with Crippen molar-refractivity contribution in [2.24, 2.45) is 0 Å². The molecule has 112 valence electrons. The summed E-state index contributed by atoms with van der Waals surface area (Å²) in [6.07, 6.45) is -0.612. The van der Waals surface area contributed by atoms with Crippen LogP contribution in [0.4, 0.5) is 0 Å². The highest BCUT2D eigenvalue weighted by molar-refractivity contribution is 9.10. The molecule has 0 bridgehead atoms. The van der Waals surface area contributed by atoms with Gasteiger partial charge in [-0.05, 0) is 43.3 Å². The predicted octanol–water partition coefficient (Wildman–Crippen LogP) is 4.74. The molecule has 0 radical (unpaired) electrons. The van der Waals surface area contributed by atoms with Gasteiger partial charge >= 0.3 is 0 Å². The van der Waals surface area contributed by atoms with E-state index in [0.717, 1.165) is 21.3 Å². The highest BCUT2D eigenvalue weighted by Crippen LogP contribution is 2.30. The summed E-state index contributed by atoms with van der Waals surface area (Å²) >= 11 is 9.39. The Morgan fingerprint density at radius 2 is 1.90 bits per heavy atom. The molecule has 0 aromatic heterocycles. The Morgan fingerprint density at radius 3 is 2.57 bits per heavy atom. The van der Waals surface area contributed by atoms with E-state index in [2.05, 4.69) is 15.9 Å². The molecule has 21 heavy (non-hydrogen) atoms. The van der Waals surface area contributed by atoms with Gasteiger partial charge in [-0.2, -0.15) is 0 Å². The monoisotopic (exact) mass is 370 g/mol. The van der Waals surface area contributed by atoms with Gasteiger partial charge in [0.15, 0.2) is 0 Å². The zero-order chi connectivity index (χ0) is 15.4. The third-order valence-corrected chi connectivity index (χ3v) is 3.78. The van der Waals surface area contributed by atoms with Crippen molar-refractivity contribution >= 4 is 27.5 Å². The summed E-state index contributed by atoms with van der Waals surface area (Å²) in [5.41, 5.74) is 1.58. The first kappa shape index (κ1) is 16.1. The fourth-order valence-electron chi connectivity index (χ4n) is 1.99. The predicted molar refractivity (Wildman–Crippen MR) is 87.1 cm³/mol. The highest BCUT2D eigenvalue weighted by Gasteiger charge is 2.11. The number of benzene rings is 2. The van der Waals surface area contributed by atoms with Gasteiger partial charge in [-0.3, -0.25) is 0 Å². The molecule has 0 fully saturated rings. The van der Waals surface area contributed by atoms with E-state index in [9.17, 15) is 5.11 Å². The van der Waals surface area contributed by atoms with E-state index in [1.165, 1.54) is 0 Å². The Labute approximate surface area is 137 Å².